The van der Waals surface area contributed by atoms with Crippen LogP contribution in [0.3, 0.4) is 0 Å². The van der Waals surface area contributed by atoms with Gasteiger partial charge < -0.3 is 4.74 Å². The second-order valence-electron chi connectivity index (χ2n) is 4.95. The van der Waals surface area contributed by atoms with Crippen LogP contribution in [0.4, 0.5) is 4.39 Å². The molecule has 1 unspecified atom stereocenters. The standard InChI is InChI=1S/C13H18FNO3S/c1-9-5-12(14)6-10(2)13(9)19(16,17)15-7-11-3-4-18-8-11/h5-6,11,15H,3-4,7-8H2,1-2H3. The molecule has 1 aromatic carbocycles. The van der Waals surface area contributed by atoms with Crippen LogP contribution >= 0.6 is 0 Å². The third kappa shape index (κ3) is 3.32. The third-order valence-corrected chi connectivity index (χ3v) is 5.01. The van der Waals surface area contributed by atoms with Gasteiger partial charge in [0.25, 0.3) is 0 Å². The summed E-state index contributed by atoms with van der Waals surface area (Å²) < 4.78 is 45.5. The van der Waals surface area contributed by atoms with Gasteiger partial charge in [0.2, 0.25) is 10.0 Å². The van der Waals surface area contributed by atoms with Crippen molar-refractivity contribution in [3.8, 4) is 0 Å². The van der Waals surface area contributed by atoms with Crippen molar-refractivity contribution in [1.82, 2.24) is 4.72 Å². The van der Waals surface area contributed by atoms with Crippen LogP contribution in [0.2, 0.25) is 0 Å². The lowest BCUT2D eigenvalue weighted by atomic mass is 10.1. The van der Waals surface area contributed by atoms with E-state index in [4.69, 9.17) is 4.74 Å². The minimum absolute atomic E-state index is 0.174. The highest BCUT2D eigenvalue weighted by Gasteiger charge is 2.23. The lowest BCUT2D eigenvalue weighted by molar-refractivity contribution is 0.186. The van der Waals surface area contributed by atoms with Gasteiger partial charge in [-0.2, -0.15) is 0 Å². The molecule has 6 heteroatoms. The number of hydrogen-bond acceptors (Lipinski definition) is 3. The summed E-state index contributed by atoms with van der Waals surface area (Å²) in [6.45, 7) is 4.83. The first-order valence-electron chi connectivity index (χ1n) is 6.24. The van der Waals surface area contributed by atoms with Crippen LogP contribution in [0.5, 0.6) is 0 Å². The van der Waals surface area contributed by atoms with Gasteiger partial charge in [-0.15, -0.1) is 0 Å². The minimum atomic E-state index is -3.60. The molecule has 1 fully saturated rings. The van der Waals surface area contributed by atoms with E-state index in [1.54, 1.807) is 13.8 Å². The van der Waals surface area contributed by atoms with Crippen LogP contribution in [0, 0.1) is 25.6 Å². The van der Waals surface area contributed by atoms with E-state index in [-0.39, 0.29) is 10.8 Å². The lowest BCUT2D eigenvalue weighted by Crippen LogP contribution is -2.30. The molecule has 0 saturated carbocycles. The Labute approximate surface area is 113 Å². The Morgan fingerprint density at radius 3 is 2.53 bits per heavy atom. The fraction of sp³-hybridized carbons (Fsp3) is 0.538. The summed E-state index contributed by atoms with van der Waals surface area (Å²) in [6.07, 6.45) is 0.865. The van der Waals surface area contributed by atoms with Gasteiger partial charge in [-0.25, -0.2) is 17.5 Å². The Morgan fingerprint density at radius 2 is 2.00 bits per heavy atom. The molecule has 2 rings (SSSR count). The van der Waals surface area contributed by atoms with Crippen molar-refractivity contribution < 1.29 is 17.5 Å². The Morgan fingerprint density at radius 1 is 1.37 bits per heavy atom. The molecule has 0 amide bonds. The Hall–Kier alpha value is -0.980. The first-order chi connectivity index (χ1) is 8.90. The molecule has 0 spiro atoms. The summed E-state index contributed by atoms with van der Waals surface area (Å²) >= 11 is 0. The third-order valence-electron chi connectivity index (χ3n) is 3.28. The molecule has 1 aliphatic heterocycles. The summed E-state index contributed by atoms with van der Waals surface area (Å²) in [5.74, 6) is -0.200. The zero-order valence-electron chi connectivity index (χ0n) is 11.1. The van der Waals surface area contributed by atoms with E-state index >= 15 is 0 Å². The van der Waals surface area contributed by atoms with E-state index in [1.165, 1.54) is 12.1 Å². The van der Waals surface area contributed by atoms with Crippen molar-refractivity contribution in [3.63, 3.8) is 0 Å². The van der Waals surface area contributed by atoms with Crippen LogP contribution in [0.25, 0.3) is 0 Å². The average molecular weight is 287 g/mol. The number of benzene rings is 1. The number of ether oxygens (including phenoxy) is 1. The topological polar surface area (TPSA) is 55.4 Å². The second-order valence-corrected chi connectivity index (χ2v) is 6.65. The highest BCUT2D eigenvalue weighted by molar-refractivity contribution is 7.89. The maximum atomic E-state index is 13.2. The van der Waals surface area contributed by atoms with Crippen molar-refractivity contribution in [1.29, 1.82) is 0 Å². The van der Waals surface area contributed by atoms with Crippen LogP contribution in [0.1, 0.15) is 17.5 Å². The molecule has 0 aliphatic carbocycles. The Bertz CT molecular complexity index is 542. The summed E-state index contributed by atoms with van der Waals surface area (Å²) in [5.41, 5.74) is 0.848. The Kier molecular flexibility index (Phi) is 4.23. The van der Waals surface area contributed by atoms with E-state index in [2.05, 4.69) is 4.72 Å². The first-order valence-corrected chi connectivity index (χ1v) is 7.72. The maximum Gasteiger partial charge on any atom is 0.241 e. The quantitative estimate of drug-likeness (QED) is 0.918. The molecule has 1 atom stereocenters. The van der Waals surface area contributed by atoms with Gasteiger partial charge in [0, 0.05) is 13.2 Å². The molecule has 1 saturated heterocycles. The monoisotopic (exact) mass is 287 g/mol. The molecule has 1 aromatic rings. The molecule has 0 bridgehead atoms. The fourth-order valence-electron chi connectivity index (χ4n) is 2.37. The molecule has 4 nitrogen and oxygen atoms in total. The van der Waals surface area contributed by atoms with Crippen molar-refractivity contribution in [2.75, 3.05) is 19.8 Å². The minimum Gasteiger partial charge on any atom is -0.381 e. The van der Waals surface area contributed by atoms with E-state index < -0.39 is 15.8 Å². The molecular formula is C13H18FNO3S. The Balaban J connectivity index is 2.19. The van der Waals surface area contributed by atoms with Crippen molar-refractivity contribution in [3.05, 3.63) is 29.1 Å². The van der Waals surface area contributed by atoms with Crippen molar-refractivity contribution >= 4 is 10.0 Å². The van der Waals surface area contributed by atoms with Crippen molar-refractivity contribution in [2.45, 2.75) is 25.2 Å². The zero-order chi connectivity index (χ0) is 14.0. The SMILES string of the molecule is Cc1cc(F)cc(C)c1S(=O)(=O)NCC1CCOC1. The predicted molar refractivity (Wildman–Crippen MR) is 70.0 cm³/mol. The molecule has 0 radical (unpaired) electrons. The first kappa shape index (κ1) is 14.4. The summed E-state index contributed by atoms with van der Waals surface area (Å²) in [4.78, 5) is 0.174. The van der Waals surface area contributed by atoms with Gasteiger partial charge in [-0.3, -0.25) is 0 Å². The second kappa shape index (κ2) is 5.56. The van der Waals surface area contributed by atoms with E-state index in [1.807, 2.05) is 0 Å². The van der Waals surface area contributed by atoms with E-state index in [0.717, 1.165) is 6.42 Å². The van der Waals surface area contributed by atoms with Gasteiger partial charge in [0.1, 0.15) is 5.82 Å². The summed E-state index contributed by atoms with van der Waals surface area (Å²) in [7, 11) is -3.60. The average Bonchev–Trinajstić information content (AvgIpc) is 2.77. The van der Waals surface area contributed by atoms with Gasteiger partial charge in [-0.1, -0.05) is 0 Å². The van der Waals surface area contributed by atoms with Crippen LogP contribution in [-0.2, 0) is 14.8 Å². The van der Waals surface area contributed by atoms with Crippen LogP contribution < -0.4 is 4.72 Å². The van der Waals surface area contributed by atoms with Gasteiger partial charge in [0.15, 0.2) is 0 Å². The number of hydrogen-bond donors (Lipinski definition) is 1. The van der Waals surface area contributed by atoms with E-state index in [0.29, 0.717) is 30.9 Å². The van der Waals surface area contributed by atoms with E-state index in [9.17, 15) is 12.8 Å². The maximum absolute atomic E-state index is 13.2. The molecule has 0 aromatic heterocycles. The number of nitrogens with one attached hydrogen (secondary N) is 1. The molecular weight excluding hydrogens is 269 g/mol. The molecule has 1 aliphatic rings. The number of rotatable bonds is 4. The van der Waals surface area contributed by atoms with Crippen LogP contribution in [0.15, 0.2) is 17.0 Å². The van der Waals surface area contributed by atoms with Gasteiger partial charge >= 0.3 is 0 Å². The normalized spacial score (nSPS) is 19.8. The zero-order valence-corrected chi connectivity index (χ0v) is 11.9. The molecule has 1 N–H and O–H groups in total. The molecule has 106 valence electrons. The number of sulfonamides is 1. The summed E-state index contributed by atoms with van der Waals surface area (Å²) in [5, 5.41) is 0. The van der Waals surface area contributed by atoms with Gasteiger partial charge in [-0.05, 0) is 49.4 Å². The number of halogens is 1. The summed E-state index contributed by atoms with van der Waals surface area (Å²) in [6, 6.07) is 2.47. The molecule has 19 heavy (non-hydrogen) atoms. The predicted octanol–water partition coefficient (Wildman–Crippen LogP) is 1.76. The lowest BCUT2D eigenvalue weighted by Gasteiger charge is -2.14. The fourth-order valence-corrected chi connectivity index (χ4v) is 3.93. The van der Waals surface area contributed by atoms with Crippen LogP contribution in [-0.4, -0.2) is 28.2 Å². The highest BCUT2D eigenvalue weighted by atomic mass is 32.2. The molecule has 1 heterocycles. The van der Waals surface area contributed by atoms with Gasteiger partial charge in [0.05, 0.1) is 11.5 Å². The highest BCUT2D eigenvalue weighted by Crippen LogP contribution is 2.21. The smallest absolute Gasteiger partial charge is 0.241 e. The number of aryl methyl sites for hydroxylation is 2. The van der Waals surface area contributed by atoms with Crippen molar-refractivity contribution in [2.24, 2.45) is 5.92 Å². The largest absolute Gasteiger partial charge is 0.381 e.